The lowest BCUT2D eigenvalue weighted by atomic mass is 10.1. The molecular formula is C11H12ClFN2O3S. The maximum Gasteiger partial charge on any atom is 0.302 e. The monoisotopic (exact) mass is 306 g/mol. The van der Waals surface area contributed by atoms with Crippen LogP contribution in [-0.4, -0.2) is 31.6 Å². The molecule has 0 radical (unpaired) electrons. The van der Waals surface area contributed by atoms with Crippen molar-refractivity contribution in [2.24, 2.45) is 5.92 Å². The number of nitrogens with zero attached hydrogens (tertiary/aromatic N) is 2. The van der Waals surface area contributed by atoms with Crippen molar-refractivity contribution in [1.82, 2.24) is 4.98 Å². The van der Waals surface area contributed by atoms with Crippen LogP contribution in [0.3, 0.4) is 0 Å². The summed E-state index contributed by atoms with van der Waals surface area (Å²) in [5, 5.41) is 0.254. The first kappa shape index (κ1) is 14.2. The molecule has 0 spiro atoms. The summed E-state index contributed by atoms with van der Waals surface area (Å²) in [5.41, 5.74) is 1.21. The molecule has 0 aliphatic carbocycles. The first-order valence-electron chi connectivity index (χ1n) is 5.61. The Bertz CT molecular complexity index is 600. The molecule has 1 amide bonds. The highest BCUT2D eigenvalue weighted by Gasteiger charge is 2.33. The van der Waals surface area contributed by atoms with Gasteiger partial charge in [-0.05, 0) is 19.1 Å². The van der Waals surface area contributed by atoms with Gasteiger partial charge in [0.15, 0.2) is 0 Å². The van der Waals surface area contributed by atoms with Crippen LogP contribution >= 0.6 is 11.6 Å². The van der Waals surface area contributed by atoms with Gasteiger partial charge in [-0.2, -0.15) is 8.42 Å². The van der Waals surface area contributed by atoms with Crippen LogP contribution in [-0.2, 0) is 15.0 Å². The SMILES string of the molecule is Cc1cc(N2CC(CS(=O)(=O)F)CC2=O)cc(Cl)n1. The van der Waals surface area contributed by atoms with Gasteiger partial charge in [0.1, 0.15) is 5.15 Å². The number of carbonyl (C=O) groups is 1. The van der Waals surface area contributed by atoms with Crippen molar-refractivity contribution in [3.05, 3.63) is 23.0 Å². The molecule has 0 saturated carbocycles. The Morgan fingerprint density at radius 2 is 2.21 bits per heavy atom. The second-order valence-corrected chi connectivity index (χ2v) is 6.37. The minimum absolute atomic E-state index is 0.0160. The standard InChI is InChI=1S/C11H12ClFN2O3S/c1-7-2-9(4-10(12)14-7)15-5-8(3-11(15)16)6-19(13,17)18/h2,4,8H,3,5-6H2,1H3. The molecule has 1 aliphatic heterocycles. The third-order valence-corrected chi connectivity index (χ3v) is 3.92. The van der Waals surface area contributed by atoms with Gasteiger partial charge >= 0.3 is 10.2 Å². The molecule has 2 rings (SSSR count). The van der Waals surface area contributed by atoms with Crippen LogP contribution in [0.2, 0.25) is 5.15 Å². The zero-order valence-corrected chi connectivity index (χ0v) is 11.7. The summed E-state index contributed by atoms with van der Waals surface area (Å²) >= 11 is 5.81. The maximum atomic E-state index is 12.6. The largest absolute Gasteiger partial charge is 0.312 e. The number of carbonyl (C=O) groups excluding carboxylic acids is 1. The van der Waals surface area contributed by atoms with Crippen LogP contribution in [0.4, 0.5) is 9.57 Å². The predicted octanol–water partition coefficient (Wildman–Crippen LogP) is 1.70. The van der Waals surface area contributed by atoms with Gasteiger partial charge in [-0.25, -0.2) is 4.98 Å². The highest BCUT2D eigenvalue weighted by Crippen LogP contribution is 2.28. The molecule has 2 heterocycles. The minimum atomic E-state index is -4.57. The first-order chi connectivity index (χ1) is 8.74. The lowest BCUT2D eigenvalue weighted by molar-refractivity contribution is -0.117. The lowest BCUT2D eigenvalue weighted by Crippen LogP contribution is -2.25. The van der Waals surface area contributed by atoms with Gasteiger partial charge in [-0.15, -0.1) is 3.89 Å². The third kappa shape index (κ3) is 3.63. The molecule has 8 heteroatoms. The second-order valence-electron chi connectivity index (χ2n) is 4.57. The molecule has 0 N–H and O–H groups in total. The first-order valence-corrected chi connectivity index (χ1v) is 7.54. The predicted molar refractivity (Wildman–Crippen MR) is 69.3 cm³/mol. The molecule has 1 aromatic rings. The van der Waals surface area contributed by atoms with Gasteiger partial charge in [-0.3, -0.25) is 4.79 Å². The van der Waals surface area contributed by atoms with Crippen molar-refractivity contribution in [1.29, 1.82) is 0 Å². The number of pyridine rings is 1. The van der Waals surface area contributed by atoms with Gasteiger partial charge in [0.05, 0.1) is 5.75 Å². The number of anilines is 1. The molecule has 5 nitrogen and oxygen atoms in total. The topological polar surface area (TPSA) is 67.3 Å². The summed E-state index contributed by atoms with van der Waals surface area (Å²) in [6, 6.07) is 3.20. The van der Waals surface area contributed by atoms with E-state index in [0.717, 1.165) is 0 Å². The molecule has 1 saturated heterocycles. The quantitative estimate of drug-likeness (QED) is 0.629. The normalized spacial score (nSPS) is 20.1. The van der Waals surface area contributed by atoms with E-state index in [0.29, 0.717) is 11.4 Å². The molecule has 104 valence electrons. The fourth-order valence-electron chi connectivity index (χ4n) is 2.19. The molecule has 1 aliphatic rings. The number of aryl methyl sites for hydroxylation is 1. The van der Waals surface area contributed by atoms with E-state index >= 15 is 0 Å². The molecule has 1 atom stereocenters. The van der Waals surface area contributed by atoms with Crippen LogP contribution in [0.5, 0.6) is 0 Å². The van der Waals surface area contributed by atoms with E-state index in [4.69, 9.17) is 11.6 Å². The Labute approximate surface area is 115 Å². The van der Waals surface area contributed by atoms with E-state index in [-0.39, 0.29) is 24.0 Å². The number of rotatable bonds is 3. The summed E-state index contributed by atoms with van der Waals surface area (Å²) in [4.78, 5) is 17.2. The Morgan fingerprint density at radius 1 is 1.53 bits per heavy atom. The van der Waals surface area contributed by atoms with E-state index in [1.165, 1.54) is 11.0 Å². The van der Waals surface area contributed by atoms with Crippen LogP contribution in [0.15, 0.2) is 12.1 Å². The number of halogens is 2. The van der Waals surface area contributed by atoms with Gasteiger partial charge in [-0.1, -0.05) is 11.6 Å². The van der Waals surface area contributed by atoms with Gasteiger partial charge < -0.3 is 4.90 Å². The molecule has 0 aromatic carbocycles. The number of hydrogen-bond acceptors (Lipinski definition) is 4. The van der Waals surface area contributed by atoms with Gasteiger partial charge in [0.2, 0.25) is 5.91 Å². The van der Waals surface area contributed by atoms with Crippen LogP contribution in [0.25, 0.3) is 0 Å². The zero-order valence-electron chi connectivity index (χ0n) is 10.1. The van der Waals surface area contributed by atoms with E-state index in [1.807, 2.05) is 0 Å². The summed E-state index contributed by atoms with van der Waals surface area (Å²) in [6.45, 7) is 1.90. The maximum absolute atomic E-state index is 12.6. The van der Waals surface area contributed by atoms with Crippen molar-refractivity contribution in [2.75, 3.05) is 17.2 Å². The van der Waals surface area contributed by atoms with Crippen molar-refractivity contribution in [3.63, 3.8) is 0 Å². The molecule has 1 unspecified atom stereocenters. The fourth-order valence-corrected chi connectivity index (χ4v) is 3.22. The number of amides is 1. The van der Waals surface area contributed by atoms with Crippen LogP contribution in [0.1, 0.15) is 12.1 Å². The Balaban J connectivity index is 2.20. The average Bonchev–Trinajstić information content (AvgIpc) is 2.54. The molecular weight excluding hydrogens is 295 g/mol. The van der Waals surface area contributed by atoms with Crippen LogP contribution in [0, 0.1) is 12.8 Å². The van der Waals surface area contributed by atoms with E-state index < -0.39 is 21.9 Å². The molecule has 0 bridgehead atoms. The third-order valence-electron chi connectivity index (χ3n) is 2.86. The molecule has 19 heavy (non-hydrogen) atoms. The molecule has 1 aromatic heterocycles. The fraction of sp³-hybridized carbons (Fsp3) is 0.455. The number of hydrogen-bond donors (Lipinski definition) is 0. The summed E-state index contributed by atoms with van der Waals surface area (Å²) in [7, 11) is -4.57. The van der Waals surface area contributed by atoms with Crippen LogP contribution < -0.4 is 4.90 Å². The summed E-state index contributed by atoms with van der Waals surface area (Å²) < 4.78 is 33.9. The highest BCUT2D eigenvalue weighted by molar-refractivity contribution is 7.86. The van der Waals surface area contributed by atoms with Crippen molar-refractivity contribution >= 4 is 33.4 Å². The van der Waals surface area contributed by atoms with Gasteiger partial charge in [0, 0.05) is 30.3 Å². The number of aromatic nitrogens is 1. The zero-order chi connectivity index (χ0) is 14.2. The van der Waals surface area contributed by atoms with Crippen molar-refractivity contribution in [2.45, 2.75) is 13.3 Å². The second kappa shape index (κ2) is 5.05. The highest BCUT2D eigenvalue weighted by atomic mass is 35.5. The molecule has 1 fully saturated rings. The Morgan fingerprint density at radius 3 is 2.79 bits per heavy atom. The smallest absolute Gasteiger partial charge is 0.302 e. The lowest BCUT2D eigenvalue weighted by Gasteiger charge is -2.17. The summed E-state index contributed by atoms with van der Waals surface area (Å²) in [5.74, 6) is -1.40. The van der Waals surface area contributed by atoms with E-state index in [1.54, 1.807) is 13.0 Å². The van der Waals surface area contributed by atoms with Crippen molar-refractivity contribution in [3.8, 4) is 0 Å². The Kier molecular flexibility index (Phi) is 3.78. The minimum Gasteiger partial charge on any atom is -0.312 e. The van der Waals surface area contributed by atoms with E-state index in [2.05, 4.69) is 4.98 Å². The average molecular weight is 307 g/mol. The van der Waals surface area contributed by atoms with Crippen molar-refractivity contribution < 1.29 is 17.1 Å². The van der Waals surface area contributed by atoms with Gasteiger partial charge in [0.25, 0.3) is 0 Å². The van der Waals surface area contributed by atoms with E-state index in [9.17, 15) is 17.1 Å². The Hall–Kier alpha value is -1.21. The summed E-state index contributed by atoms with van der Waals surface area (Å²) in [6.07, 6.45) is 0.0160.